The molecule has 27 heavy (non-hydrogen) atoms. The van der Waals surface area contributed by atoms with Crippen molar-refractivity contribution in [1.82, 2.24) is 0 Å². The van der Waals surface area contributed by atoms with Crippen LogP contribution in [-0.4, -0.2) is 71.2 Å². The van der Waals surface area contributed by atoms with Gasteiger partial charge in [0.15, 0.2) is 20.0 Å². The Hall–Kier alpha value is -0.640. The minimum Gasteiger partial charge on any atom is -0.421 e. The topological polar surface area (TPSA) is 103 Å². The van der Waals surface area contributed by atoms with E-state index in [-0.39, 0.29) is 0 Å². The van der Waals surface area contributed by atoms with Gasteiger partial charge in [0.05, 0.1) is 27.2 Å². The maximum absolute atomic E-state index is 11.4. The van der Waals surface area contributed by atoms with Crippen molar-refractivity contribution >= 4 is 20.0 Å². The lowest BCUT2D eigenvalue weighted by Gasteiger charge is -2.28. The molecule has 0 fully saturated rings. The zero-order valence-corrected chi connectivity index (χ0v) is 16.6. The minimum atomic E-state index is -6.72. The second-order valence-corrected chi connectivity index (χ2v) is 9.45. The van der Waals surface area contributed by atoms with Crippen LogP contribution in [0.5, 0.6) is 0 Å². The Morgan fingerprint density at radius 2 is 1.19 bits per heavy atom. The largest absolute Gasteiger partial charge is 0.480 e. The van der Waals surface area contributed by atoms with Crippen LogP contribution in [0.4, 0.5) is 26.3 Å². The average molecular weight is 454 g/mol. The SMILES string of the molecule is CC[N+](C)(C)CCCCCCO.O=S(=O)([N-]S(=O)(=O)C(F)(F)F)C(F)(F)F. The van der Waals surface area contributed by atoms with E-state index in [2.05, 4.69) is 21.0 Å². The summed E-state index contributed by atoms with van der Waals surface area (Å²) in [6.07, 6.45) is 4.71. The maximum Gasteiger partial charge on any atom is 0.480 e. The third-order valence-corrected chi connectivity index (χ3v) is 6.05. The van der Waals surface area contributed by atoms with E-state index < -0.39 is 31.1 Å². The standard InChI is InChI=1S/C10H24NO.C2F6NO4S2/c1-4-11(2,3)9-7-5-6-8-10-12;3-1(4,5)14(10,11)9-15(12,13)2(6,7)8/h12H,4-10H2,1-3H3;/q+1;-1. The molecule has 0 bridgehead atoms. The number of hydrogen-bond donors (Lipinski definition) is 1. The summed E-state index contributed by atoms with van der Waals surface area (Å²) in [6.45, 7) is 5.06. The first kappa shape index (κ1) is 28.6. The number of aliphatic hydroxyl groups excluding tert-OH is 1. The molecule has 0 aromatic carbocycles. The van der Waals surface area contributed by atoms with Gasteiger partial charge in [-0.1, -0.05) is 6.42 Å². The van der Waals surface area contributed by atoms with Gasteiger partial charge in [-0.2, -0.15) is 26.3 Å². The van der Waals surface area contributed by atoms with E-state index in [4.69, 9.17) is 5.11 Å². The zero-order valence-electron chi connectivity index (χ0n) is 15.0. The Morgan fingerprint density at radius 3 is 1.48 bits per heavy atom. The number of nitrogens with zero attached hydrogens (tertiary/aromatic N) is 2. The Morgan fingerprint density at radius 1 is 0.815 bits per heavy atom. The lowest BCUT2D eigenvalue weighted by atomic mass is 10.2. The Balaban J connectivity index is 0. The predicted molar refractivity (Wildman–Crippen MR) is 86.4 cm³/mol. The van der Waals surface area contributed by atoms with Crippen LogP contribution in [0, 0.1) is 0 Å². The summed E-state index contributed by atoms with van der Waals surface area (Å²) in [6, 6.07) is 0. The highest BCUT2D eigenvalue weighted by Crippen LogP contribution is 2.36. The molecule has 0 aromatic rings. The molecule has 0 aliphatic rings. The van der Waals surface area contributed by atoms with Crippen molar-refractivity contribution < 1.29 is 52.8 Å². The molecule has 0 radical (unpaired) electrons. The smallest absolute Gasteiger partial charge is 0.421 e. The van der Waals surface area contributed by atoms with Crippen molar-refractivity contribution in [3.63, 3.8) is 0 Å². The normalized spacial score (nSPS) is 13.9. The van der Waals surface area contributed by atoms with Crippen LogP contribution in [0.1, 0.15) is 32.6 Å². The third kappa shape index (κ3) is 11.7. The van der Waals surface area contributed by atoms with Gasteiger partial charge in [0.25, 0.3) is 0 Å². The summed E-state index contributed by atoms with van der Waals surface area (Å²) in [5.41, 5.74) is -12.4. The van der Waals surface area contributed by atoms with Gasteiger partial charge in [0, 0.05) is 6.61 Å². The van der Waals surface area contributed by atoms with Crippen LogP contribution in [0.3, 0.4) is 0 Å². The Bertz CT molecular complexity index is 588. The van der Waals surface area contributed by atoms with Crippen LogP contribution in [0.15, 0.2) is 0 Å². The molecule has 0 amide bonds. The van der Waals surface area contributed by atoms with Crippen molar-refractivity contribution in [2.75, 3.05) is 33.8 Å². The van der Waals surface area contributed by atoms with Crippen molar-refractivity contribution in [3.8, 4) is 0 Å². The number of rotatable bonds is 9. The van der Waals surface area contributed by atoms with E-state index >= 15 is 0 Å². The molecule has 0 rings (SSSR count). The monoisotopic (exact) mass is 454 g/mol. The van der Waals surface area contributed by atoms with Crippen molar-refractivity contribution in [2.24, 2.45) is 0 Å². The first-order valence-electron chi connectivity index (χ1n) is 7.62. The third-order valence-electron chi connectivity index (χ3n) is 3.31. The van der Waals surface area contributed by atoms with Gasteiger partial charge in [-0.3, -0.25) is 0 Å². The summed E-state index contributed by atoms with van der Waals surface area (Å²) in [5, 5.41) is 8.57. The Labute approximate surface area is 155 Å². The molecular weight excluding hydrogens is 430 g/mol. The van der Waals surface area contributed by atoms with E-state index in [1.165, 1.54) is 32.4 Å². The number of sulfonamides is 2. The van der Waals surface area contributed by atoms with Crippen LogP contribution in [0.2, 0.25) is 0 Å². The van der Waals surface area contributed by atoms with Crippen molar-refractivity contribution in [3.05, 3.63) is 4.13 Å². The fourth-order valence-corrected chi connectivity index (χ4v) is 3.09. The summed E-state index contributed by atoms with van der Waals surface area (Å²) >= 11 is 0. The highest BCUT2D eigenvalue weighted by Gasteiger charge is 2.46. The summed E-state index contributed by atoms with van der Waals surface area (Å²) in [4.78, 5) is 0. The summed E-state index contributed by atoms with van der Waals surface area (Å²) < 4.78 is 110. The number of unbranched alkanes of at least 4 members (excludes halogenated alkanes) is 3. The minimum absolute atomic E-state index is 0.353. The number of quaternary nitrogens is 1. The molecule has 0 unspecified atom stereocenters. The molecule has 0 saturated carbocycles. The van der Waals surface area contributed by atoms with Gasteiger partial charge in [0.2, 0.25) is 0 Å². The number of hydrogen-bond acceptors (Lipinski definition) is 5. The van der Waals surface area contributed by atoms with E-state index in [9.17, 15) is 43.2 Å². The molecule has 0 spiro atoms. The summed E-state index contributed by atoms with van der Waals surface area (Å²) in [5.74, 6) is 0. The lowest BCUT2D eigenvalue weighted by molar-refractivity contribution is -0.888. The van der Waals surface area contributed by atoms with E-state index in [0.29, 0.717) is 6.61 Å². The van der Waals surface area contributed by atoms with Crippen LogP contribution in [-0.2, 0) is 20.0 Å². The highest BCUT2D eigenvalue weighted by atomic mass is 32.3. The molecule has 0 heterocycles. The first-order valence-corrected chi connectivity index (χ1v) is 10.5. The van der Waals surface area contributed by atoms with Gasteiger partial charge in [-0.15, -0.1) is 0 Å². The molecule has 0 atom stereocenters. The molecule has 0 aromatic heterocycles. The maximum atomic E-state index is 11.4. The molecule has 15 heteroatoms. The zero-order chi connectivity index (χ0) is 22.2. The predicted octanol–water partition coefficient (Wildman–Crippen LogP) is 2.69. The van der Waals surface area contributed by atoms with Crippen LogP contribution < -0.4 is 0 Å². The van der Waals surface area contributed by atoms with Gasteiger partial charge in [-0.05, 0) is 26.2 Å². The fourth-order valence-electron chi connectivity index (χ4n) is 1.38. The van der Waals surface area contributed by atoms with E-state index in [1.807, 2.05) is 0 Å². The van der Waals surface area contributed by atoms with E-state index in [0.717, 1.165) is 15.0 Å². The fraction of sp³-hybridized carbons (Fsp3) is 1.00. The molecule has 7 nitrogen and oxygen atoms in total. The van der Waals surface area contributed by atoms with Gasteiger partial charge < -0.3 is 13.7 Å². The van der Waals surface area contributed by atoms with Gasteiger partial charge >= 0.3 is 11.0 Å². The molecule has 1 N–H and O–H groups in total. The molecule has 0 aliphatic carbocycles. The molecule has 0 aliphatic heterocycles. The number of halogens is 6. The van der Waals surface area contributed by atoms with Gasteiger partial charge in [-0.25, -0.2) is 16.8 Å². The summed E-state index contributed by atoms with van der Waals surface area (Å²) in [7, 11) is -8.90. The Kier molecular flexibility index (Phi) is 11.4. The van der Waals surface area contributed by atoms with Crippen LogP contribution >= 0.6 is 0 Å². The van der Waals surface area contributed by atoms with Crippen LogP contribution in [0.25, 0.3) is 4.13 Å². The van der Waals surface area contributed by atoms with E-state index in [1.54, 1.807) is 0 Å². The molecule has 0 saturated heterocycles. The second kappa shape index (κ2) is 10.8. The first-order chi connectivity index (χ1) is 11.8. The second-order valence-electron chi connectivity index (χ2n) is 6.03. The van der Waals surface area contributed by atoms with Gasteiger partial charge in [0.1, 0.15) is 0 Å². The lowest BCUT2D eigenvalue weighted by Crippen LogP contribution is -2.39. The molecule has 166 valence electrons. The average Bonchev–Trinajstić information content (AvgIpc) is 2.44. The molecular formula is C12H24F6N2O5S2. The number of aliphatic hydroxyl groups is 1. The number of alkyl halides is 6. The quantitative estimate of drug-likeness (QED) is 0.328. The van der Waals surface area contributed by atoms with Crippen molar-refractivity contribution in [2.45, 2.75) is 43.6 Å². The van der Waals surface area contributed by atoms with Crippen molar-refractivity contribution in [1.29, 1.82) is 0 Å². The highest BCUT2D eigenvalue weighted by molar-refractivity contribution is 8.13.